The van der Waals surface area contributed by atoms with Crippen LogP contribution in [0.15, 0.2) is 15.1 Å². The fourth-order valence-electron chi connectivity index (χ4n) is 2.64. The Labute approximate surface area is 127 Å². The molecule has 0 bridgehead atoms. The summed E-state index contributed by atoms with van der Waals surface area (Å²) in [5, 5.41) is 10.5. The first kappa shape index (κ1) is 14.7. The second-order valence-corrected chi connectivity index (χ2v) is 5.41. The average Bonchev–Trinajstić information content (AvgIpc) is 3.19. The Morgan fingerprint density at radius 1 is 1.45 bits per heavy atom. The lowest BCUT2D eigenvalue weighted by molar-refractivity contribution is -0.117. The van der Waals surface area contributed by atoms with Crippen molar-refractivity contribution in [3.63, 3.8) is 0 Å². The SMILES string of the molecule is CCc1nc(C2CCCN2CC(=O)Nc2cc(C)no2)no1. The molecule has 8 heteroatoms. The second kappa shape index (κ2) is 6.27. The zero-order chi connectivity index (χ0) is 15.5. The van der Waals surface area contributed by atoms with Crippen LogP contribution in [-0.2, 0) is 11.2 Å². The minimum atomic E-state index is -0.137. The summed E-state index contributed by atoms with van der Waals surface area (Å²) in [5.41, 5.74) is 0.730. The molecule has 0 radical (unpaired) electrons. The molecule has 1 fully saturated rings. The van der Waals surface area contributed by atoms with Gasteiger partial charge >= 0.3 is 0 Å². The molecule has 0 aliphatic carbocycles. The van der Waals surface area contributed by atoms with Crippen LogP contribution < -0.4 is 5.32 Å². The zero-order valence-electron chi connectivity index (χ0n) is 12.7. The van der Waals surface area contributed by atoms with E-state index in [-0.39, 0.29) is 18.5 Å². The number of likely N-dealkylation sites (tertiary alicyclic amines) is 1. The molecular formula is C14H19N5O3. The van der Waals surface area contributed by atoms with Crippen molar-refractivity contribution in [3.8, 4) is 0 Å². The van der Waals surface area contributed by atoms with Crippen LogP contribution in [0.25, 0.3) is 0 Å². The van der Waals surface area contributed by atoms with Gasteiger partial charge < -0.3 is 9.05 Å². The number of hydrogen-bond acceptors (Lipinski definition) is 7. The number of aromatic nitrogens is 3. The van der Waals surface area contributed by atoms with Gasteiger partial charge in [0, 0.05) is 12.5 Å². The van der Waals surface area contributed by atoms with Gasteiger partial charge in [-0.25, -0.2) is 0 Å². The number of aryl methyl sites for hydroxylation is 2. The van der Waals surface area contributed by atoms with E-state index >= 15 is 0 Å². The molecule has 1 N–H and O–H groups in total. The van der Waals surface area contributed by atoms with Gasteiger partial charge in [-0.3, -0.25) is 15.0 Å². The van der Waals surface area contributed by atoms with Crippen molar-refractivity contribution in [2.24, 2.45) is 0 Å². The van der Waals surface area contributed by atoms with Crippen molar-refractivity contribution in [1.29, 1.82) is 0 Å². The van der Waals surface area contributed by atoms with Crippen molar-refractivity contribution >= 4 is 11.8 Å². The summed E-state index contributed by atoms with van der Waals surface area (Å²) >= 11 is 0. The lowest BCUT2D eigenvalue weighted by Crippen LogP contribution is -2.33. The van der Waals surface area contributed by atoms with Crippen LogP contribution in [0.1, 0.15) is 43.2 Å². The van der Waals surface area contributed by atoms with Gasteiger partial charge in [0.1, 0.15) is 0 Å². The van der Waals surface area contributed by atoms with Crippen LogP contribution >= 0.6 is 0 Å². The minimum absolute atomic E-state index is 0.0336. The van der Waals surface area contributed by atoms with Gasteiger partial charge in [-0.1, -0.05) is 17.2 Å². The number of anilines is 1. The molecule has 2 aromatic rings. The predicted molar refractivity (Wildman–Crippen MR) is 77.1 cm³/mol. The molecular weight excluding hydrogens is 286 g/mol. The highest BCUT2D eigenvalue weighted by atomic mass is 16.5. The monoisotopic (exact) mass is 305 g/mol. The first-order chi connectivity index (χ1) is 10.7. The Balaban J connectivity index is 1.62. The van der Waals surface area contributed by atoms with E-state index in [1.54, 1.807) is 13.0 Å². The standard InChI is InChI=1S/C14H19N5O3/c1-3-12-16-14(18-21-12)10-5-4-6-19(10)8-11(20)15-13-7-9(2)17-22-13/h7,10H,3-6,8H2,1-2H3,(H,15,20). The quantitative estimate of drug-likeness (QED) is 0.897. The third kappa shape index (κ3) is 3.16. The number of carbonyl (C=O) groups is 1. The molecule has 0 saturated carbocycles. The fourth-order valence-corrected chi connectivity index (χ4v) is 2.64. The van der Waals surface area contributed by atoms with E-state index < -0.39 is 0 Å². The molecule has 0 aromatic carbocycles. The third-order valence-electron chi connectivity index (χ3n) is 3.69. The minimum Gasteiger partial charge on any atom is -0.339 e. The Hall–Kier alpha value is -2.22. The summed E-state index contributed by atoms with van der Waals surface area (Å²) in [6, 6.07) is 1.72. The number of nitrogens with one attached hydrogen (secondary N) is 1. The van der Waals surface area contributed by atoms with Crippen LogP contribution in [0, 0.1) is 6.92 Å². The molecule has 1 atom stereocenters. The van der Waals surface area contributed by atoms with Gasteiger partial charge in [-0.05, 0) is 26.3 Å². The van der Waals surface area contributed by atoms with Gasteiger partial charge in [0.15, 0.2) is 5.82 Å². The van der Waals surface area contributed by atoms with Crippen molar-refractivity contribution in [2.45, 2.75) is 39.2 Å². The highest BCUT2D eigenvalue weighted by Gasteiger charge is 2.31. The molecule has 1 saturated heterocycles. The third-order valence-corrected chi connectivity index (χ3v) is 3.69. The van der Waals surface area contributed by atoms with Gasteiger partial charge in [-0.15, -0.1) is 0 Å². The molecule has 22 heavy (non-hydrogen) atoms. The molecule has 1 unspecified atom stereocenters. The Morgan fingerprint density at radius 3 is 3.00 bits per heavy atom. The Morgan fingerprint density at radius 2 is 2.32 bits per heavy atom. The maximum absolute atomic E-state index is 12.1. The van der Waals surface area contributed by atoms with E-state index in [9.17, 15) is 4.79 Å². The van der Waals surface area contributed by atoms with Crippen molar-refractivity contribution in [3.05, 3.63) is 23.5 Å². The molecule has 1 amide bonds. The topological polar surface area (TPSA) is 97.3 Å². The summed E-state index contributed by atoms with van der Waals surface area (Å²) in [5.74, 6) is 1.52. The summed E-state index contributed by atoms with van der Waals surface area (Å²) in [4.78, 5) is 18.5. The van der Waals surface area contributed by atoms with Crippen LogP contribution in [0.5, 0.6) is 0 Å². The highest BCUT2D eigenvalue weighted by Crippen LogP contribution is 2.29. The summed E-state index contributed by atoms with van der Waals surface area (Å²) in [7, 11) is 0. The van der Waals surface area contributed by atoms with Crippen LogP contribution in [-0.4, -0.2) is 39.2 Å². The van der Waals surface area contributed by atoms with Gasteiger partial charge in [0.05, 0.1) is 18.3 Å². The van der Waals surface area contributed by atoms with E-state index in [2.05, 4.69) is 25.5 Å². The molecule has 8 nitrogen and oxygen atoms in total. The van der Waals surface area contributed by atoms with Crippen molar-refractivity contribution in [2.75, 3.05) is 18.4 Å². The number of carbonyl (C=O) groups excluding carboxylic acids is 1. The van der Waals surface area contributed by atoms with E-state index in [4.69, 9.17) is 9.05 Å². The maximum Gasteiger partial charge on any atom is 0.240 e. The molecule has 3 rings (SSSR count). The molecule has 2 aromatic heterocycles. The van der Waals surface area contributed by atoms with Gasteiger partial charge in [-0.2, -0.15) is 4.98 Å². The lowest BCUT2D eigenvalue weighted by atomic mass is 10.2. The van der Waals surface area contributed by atoms with Crippen LogP contribution in [0.3, 0.4) is 0 Å². The Kier molecular flexibility index (Phi) is 4.19. The van der Waals surface area contributed by atoms with E-state index in [0.29, 0.717) is 24.0 Å². The smallest absolute Gasteiger partial charge is 0.240 e. The molecule has 0 spiro atoms. The lowest BCUT2D eigenvalue weighted by Gasteiger charge is -2.20. The number of nitrogens with zero attached hydrogens (tertiary/aromatic N) is 4. The number of hydrogen-bond donors (Lipinski definition) is 1. The molecule has 3 heterocycles. The van der Waals surface area contributed by atoms with E-state index in [0.717, 1.165) is 25.1 Å². The highest BCUT2D eigenvalue weighted by molar-refractivity contribution is 5.91. The summed E-state index contributed by atoms with van der Waals surface area (Å²) in [6.07, 6.45) is 2.65. The first-order valence-corrected chi connectivity index (χ1v) is 7.45. The predicted octanol–water partition coefficient (Wildman–Crippen LogP) is 1.70. The fraction of sp³-hybridized carbons (Fsp3) is 0.571. The largest absolute Gasteiger partial charge is 0.339 e. The molecule has 1 aliphatic rings. The van der Waals surface area contributed by atoms with Crippen LogP contribution in [0.2, 0.25) is 0 Å². The Bertz CT molecular complexity index is 650. The van der Waals surface area contributed by atoms with Gasteiger partial charge in [0.25, 0.3) is 0 Å². The number of amides is 1. The molecule has 1 aliphatic heterocycles. The number of rotatable bonds is 5. The zero-order valence-corrected chi connectivity index (χ0v) is 12.7. The maximum atomic E-state index is 12.1. The van der Waals surface area contributed by atoms with E-state index in [1.165, 1.54) is 0 Å². The second-order valence-electron chi connectivity index (χ2n) is 5.41. The van der Waals surface area contributed by atoms with E-state index in [1.807, 2.05) is 6.92 Å². The van der Waals surface area contributed by atoms with Crippen molar-refractivity contribution < 1.29 is 13.8 Å². The first-order valence-electron chi connectivity index (χ1n) is 7.45. The summed E-state index contributed by atoms with van der Waals surface area (Å²) < 4.78 is 10.2. The average molecular weight is 305 g/mol. The van der Waals surface area contributed by atoms with Gasteiger partial charge in [0.2, 0.25) is 17.7 Å². The van der Waals surface area contributed by atoms with Crippen molar-refractivity contribution in [1.82, 2.24) is 20.2 Å². The summed E-state index contributed by atoms with van der Waals surface area (Å²) in [6.45, 7) is 4.87. The normalized spacial score (nSPS) is 18.7. The molecule has 118 valence electrons. The van der Waals surface area contributed by atoms with Crippen LogP contribution in [0.4, 0.5) is 5.88 Å².